The maximum atomic E-state index is 12.1. The topological polar surface area (TPSA) is 107 Å². The lowest BCUT2D eigenvalue weighted by atomic mass is 10.1. The molecule has 9 heteroatoms. The Kier molecular flexibility index (Phi) is 8.95. The number of furan rings is 1. The second kappa shape index (κ2) is 12.1. The number of unbranched alkanes of at least 4 members (excludes halogenated alkanes) is 5. The van der Waals surface area contributed by atoms with E-state index in [9.17, 15) is 4.79 Å². The first-order valence-corrected chi connectivity index (χ1v) is 11.6. The van der Waals surface area contributed by atoms with E-state index in [0.717, 1.165) is 62.5 Å². The van der Waals surface area contributed by atoms with Gasteiger partial charge >= 0.3 is 0 Å². The summed E-state index contributed by atoms with van der Waals surface area (Å²) >= 11 is 0. The summed E-state index contributed by atoms with van der Waals surface area (Å²) in [4.78, 5) is 25.0. The van der Waals surface area contributed by atoms with Gasteiger partial charge in [-0.1, -0.05) is 25.7 Å². The molecule has 9 nitrogen and oxygen atoms in total. The van der Waals surface area contributed by atoms with E-state index in [2.05, 4.69) is 9.97 Å². The molecule has 0 aliphatic rings. The molecule has 2 N–H and O–H groups in total. The van der Waals surface area contributed by atoms with E-state index < -0.39 is 0 Å². The molecule has 3 rings (SSSR count). The van der Waals surface area contributed by atoms with Gasteiger partial charge < -0.3 is 29.4 Å². The Morgan fingerprint density at radius 1 is 0.971 bits per heavy atom. The van der Waals surface area contributed by atoms with E-state index in [1.165, 1.54) is 6.26 Å². The molecule has 1 amide bonds. The first kappa shape index (κ1) is 25.1. The molecule has 0 aliphatic heterocycles. The van der Waals surface area contributed by atoms with Crippen LogP contribution in [0, 0.1) is 0 Å². The van der Waals surface area contributed by atoms with Crippen molar-refractivity contribution in [3.63, 3.8) is 0 Å². The van der Waals surface area contributed by atoms with Crippen molar-refractivity contribution in [1.29, 1.82) is 0 Å². The summed E-state index contributed by atoms with van der Waals surface area (Å²) in [5, 5.41) is 0.742. The number of methoxy groups -OCH3 is 2. The van der Waals surface area contributed by atoms with E-state index in [1.807, 2.05) is 25.1 Å². The summed E-state index contributed by atoms with van der Waals surface area (Å²) in [5.74, 6) is 2.55. The van der Waals surface area contributed by atoms with Crippen LogP contribution in [0.2, 0.25) is 0 Å². The van der Waals surface area contributed by atoms with Crippen LogP contribution in [0.4, 0.5) is 11.8 Å². The highest BCUT2D eigenvalue weighted by molar-refractivity contribution is 5.92. The minimum atomic E-state index is -0.0674. The molecule has 0 fully saturated rings. The first-order valence-electron chi connectivity index (χ1n) is 11.6. The molecular weight excluding hydrogens is 434 g/mol. The van der Waals surface area contributed by atoms with Gasteiger partial charge in [0.2, 0.25) is 5.95 Å². The van der Waals surface area contributed by atoms with Gasteiger partial charge in [0.1, 0.15) is 5.82 Å². The molecule has 0 bridgehead atoms. The standard InChI is InChI=1S/C25H35N5O4/c1-29(24(31)20-12-11-15-34-20)13-9-7-5-6-8-10-14-30(2)25-27-19-17-22(33-4)21(32-3)16-18(19)23(26)28-25/h11-12,15-17H,5-10,13-14H2,1-4H3,(H2,26,27,28). The van der Waals surface area contributed by atoms with Crippen LogP contribution in [0.15, 0.2) is 34.9 Å². The van der Waals surface area contributed by atoms with Crippen molar-refractivity contribution in [2.45, 2.75) is 38.5 Å². The second-order valence-electron chi connectivity index (χ2n) is 8.38. The fourth-order valence-corrected chi connectivity index (χ4v) is 3.83. The maximum Gasteiger partial charge on any atom is 0.289 e. The molecule has 0 saturated heterocycles. The van der Waals surface area contributed by atoms with Gasteiger partial charge in [0.05, 0.1) is 26.0 Å². The van der Waals surface area contributed by atoms with Gasteiger partial charge in [-0.05, 0) is 31.0 Å². The summed E-state index contributed by atoms with van der Waals surface area (Å²) in [5.41, 5.74) is 6.92. The van der Waals surface area contributed by atoms with Crippen LogP contribution in [0.3, 0.4) is 0 Å². The average molecular weight is 470 g/mol. The van der Waals surface area contributed by atoms with Crippen LogP contribution in [-0.2, 0) is 0 Å². The van der Waals surface area contributed by atoms with Crippen LogP contribution in [0.5, 0.6) is 11.5 Å². The molecule has 0 saturated carbocycles. The van der Waals surface area contributed by atoms with Crippen LogP contribution >= 0.6 is 0 Å². The van der Waals surface area contributed by atoms with Gasteiger partial charge in [0, 0.05) is 38.6 Å². The Morgan fingerprint density at radius 2 is 1.62 bits per heavy atom. The third kappa shape index (κ3) is 6.30. The Balaban J connectivity index is 1.38. The number of carbonyl (C=O) groups is 1. The van der Waals surface area contributed by atoms with E-state index in [0.29, 0.717) is 29.0 Å². The molecule has 0 radical (unpaired) electrons. The van der Waals surface area contributed by atoms with Gasteiger partial charge in [0.25, 0.3) is 5.91 Å². The summed E-state index contributed by atoms with van der Waals surface area (Å²) < 4.78 is 15.9. The Hall–Kier alpha value is -3.49. The third-order valence-corrected chi connectivity index (χ3v) is 5.88. The number of anilines is 2. The lowest BCUT2D eigenvalue weighted by Gasteiger charge is -2.18. The zero-order valence-corrected chi connectivity index (χ0v) is 20.5. The number of aromatic nitrogens is 2. The first-order chi connectivity index (χ1) is 16.4. The minimum absolute atomic E-state index is 0.0674. The second-order valence-corrected chi connectivity index (χ2v) is 8.38. The van der Waals surface area contributed by atoms with E-state index in [4.69, 9.17) is 19.6 Å². The van der Waals surface area contributed by atoms with Crippen molar-refractivity contribution in [3.05, 3.63) is 36.3 Å². The molecule has 3 aromatic rings. The number of benzene rings is 1. The Morgan fingerprint density at radius 3 is 2.26 bits per heavy atom. The number of nitrogens with zero attached hydrogens (tertiary/aromatic N) is 4. The molecular formula is C25H35N5O4. The summed E-state index contributed by atoms with van der Waals surface area (Å²) in [6.45, 7) is 1.58. The third-order valence-electron chi connectivity index (χ3n) is 5.88. The smallest absolute Gasteiger partial charge is 0.289 e. The fourth-order valence-electron chi connectivity index (χ4n) is 3.83. The zero-order chi connectivity index (χ0) is 24.5. The van der Waals surface area contributed by atoms with E-state index in [1.54, 1.807) is 37.3 Å². The summed E-state index contributed by atoms with van der Waals surface area (Å²) in [7, 11) is 6.98. The molecule has 34 heavy (non-hydrogen) atoms. The monoisotopic (exact) mass is 469 g/mol. The lowest BCUT2D eigenvalue weighted by Crippen LogP contribution is -2.27. The Bertz CT molecular complexity index is 1070. The minimum Gasteiger partial charge on any atom is -0.493 e. The highest BCUT2D eigenvalue weighted by Crippen LogP contribution is 2.34. The number of fused-ring (bicyclic) bond motifs is 1. The van der Waals surface area contributed by atoms with Gasteiger partial charge in [-0.15, -0.1) is 0 Å². The number of rotatable bonds is 13. The molecule has 1 aromatic carbocycles. The maximum absolute atomic E-state index is 12.1. The largest absolute Gasteiger partial charge is 0.493 e. The summed E-state index contributed by atoms with van der Waals surface area (Å²) in [6, 6.07) is 7.05. The molecule has 0 spiro atoms. The van der Waals surface area contributed by atoms with Gasteiger partial charge in [-0.25, -0.2) is 4.98 Å². The van der Waals surface area contributed by atoms with Crippen molar-refractivity contribution in [2.24, 2.45) is 0 Å². The predicted molar refractivity (Wildman–Crippen MR) is 134 cm³/mol. The number of hydrogen-bond acceptors (Lipinski definition) is 8. The van der Waals surface area contributed by atoms with Gasteiger partial charge in [-0.3, -0.25) is 4.79 Å². The van der Waals surface area contributed by atoms with Gasteiger partial charge in [-0.2, -0.15) is 4.98 Å². The predicted octanol–water partition coefficient (Wildman–Crippen LogP) is 4.37. The highest BCUT2D eigenvalue weighted by Gasteiger charge is 2.14. The molecule has 0 aliphatic carbocycles. The SMILES string of the molecule is COc1cc2nc(N(C)CCCCCCCCN(C)C(=O)c3ccco3)nc(N)c2cc1OC. The van der Waals surface area contributed by atoms with Crippen LogP contribution in [0.25, 0.3) is 10.9 Å². The lowest BCUT2D eigenvalue weighted by molar-refractivity contribution is 0.0761. The van der Waals surface area contributed by atoms with Crippen molar-refractivity contribution < 1.29 is 18.7 Å². The van der Waals surface area contributed by atoms with Crippen molar-refractivity contribution in [1.82, 2.24) is 14.9 Å². The highest BCUT2D eigenvalue weighted by atomic mass is 16.5. The van der Waals surface area contributed by atoms with Gasteiger partial charge in [0.15, 0.2) is 17.3 Å². The number of nitrogens with two attached hydrogens (primary N) is 1. The van der Waals surface area contributed by atoms with Crippen LogP contribution in [0.1, 0.15) is 49.1 Å². The van der Waals surface area contributed by atoms with Crippen molar-refractivity contribution >= 4 is 28.6 Å². The van der Waals surface area contributed by atoms with Crippen molar-refractivity contribution in [3.8, 4) is 11.5 Å². The van der Waals surface area contributed by atoms with Crippen LogP contribution in [-0.4, -0.2) is 62.2 Å². The Labute approximate surface area is 200 Å². The number of ether oxygens (including phenoxy) is 2. The molecule has 184 valence electrons. The normalized spacial score (nSPS) is 10.9. The number of carbonyl (C=O) groups excluding carboxylic acids is 1. The van der Waals surface area contributed by atoms with Crippen molar-refractivity contribution in [2.75, 3.05) is 52.0 Å². The molecule has 2 heterocycles. The average Bonchev–Trinajstić information content (AvgIpc) is 3.39. The number of hydrogen-bond donors (Lipinski definition) is 1. The molecule has 2 aromatic heterocycles. The quantitative estimate of drug-likeness (QED) is 0.368. The molecule has 0 unspecified atom stereocenters. The fraction of sp³-hybridized carbons (Fsp3) is 0.480. The van der Waals surface area contributed by atoms with Crippen LogP contribution < -0.4 is 20.1 Å². The number of nitrogen functional groups attached to an aromatic ring is 1. The summed E-state index contributed by atoms with van der Waals surface area (Å²) in [6.07, 6.45) is 8.08. The zero-order valence-electron chi connectivity index (χ0n) is 20.5. The van der Waals surface area contributed by atoms with E-state index in [-0.39, 0.29) is 5.91 Å². The molecule has 0 atom stereocenters. The number of amides is 1. The van der Waals surface area contributed by atoms with E-state index >= 15 is 0 Å².